The quantitative estimate of drug-likeness (QED) is 0.808. The topological polar surface area (TPSA) is 3.24 Å². The Kier molecular flexibility index (Phi) is 3.63. The summed E-state index contributed by atoms with van der Waals surface area (Å²) in [5.74, 6) is 0.975. The van der Waals surface area contributed by atoms with Crippen molar-refractivity contribution in [3.8, 4) is 0 Å². The van der Waals surface area contributed by atoms with Crippen LogP contribution in [-0.2, 0) is 6.54 Å². The molecule has 1 aromatic heterocycles. The molecule has 0 bridgehead atoms. The highest BCUT2D eigenvalue weighted by molar-refractivity contribution is 9.10. The highest BCUT2D eigenvalue weighted by atomic mass is 79.9. The van der Waals surface area contributed by atoms with Crippen LogP contribution in [0.3, 0.4) is 0 Å². The van der Waals surface area contributed by atoms with Crippen molar-refractivity contribution in [1.29, 1.82) is 0 Å². The van der Waals surface area contributed by atoms with E-state index in [9.17, 15) is 0 Å². The fraction of sp³-hybridized carbons (Fsp3) is 0.636. The van der Waals surface area contributed by atoms with Crippen molar-refractivity contribution in [2.75, 3.05) is 13.6 Å². The maximum Gasteiger partial charge on any atom is 0.0325 e. The van der Waals surface area contributed by atoms with E-state index >= 15 is 0 Å². The van der Waals surface area contributed by atoms with E-state index in [1.165, 1.54) is 35.2 Å². The van der Waals surface area contributed by atoms with Crippen LogP contribution >= 0.6 is 27.3 Å². The molecule has 0 aliphatic heterocycles. The summed E-state index contributed by atoms with van der Waals surface area (Å²) >= 11 is 5.33. The molecule has 1 aromatic rings. The highest BCUT2D eigenvalue weighted by Crippen LogP contribution is 2.28. The number of rotatable bonds is 4. The van der Waals surface area contributed by atoms with Gasteiger partial charge in [-0.05, 0) is 47.8 Å². The van der Waals surface area contributed by atoms with Gasteiger partial charge in [-0.3, -0.25) is 0 Å². The molecule has 2 rings (SSSR count). The van der Waals surface area contributed by atoms with Gasteiger partial charge in [-0.2, -0.15) is 0 Å². The van der Waals surface area contributed by atoms with Crippen LogP contribution in [0.15, 0.2) is 15.9 Å². The predicted molar refractivity (Wildman–Crippen MR) is 65.7 cm³/mol. The first-order valence-electron chi connectivity index (χ1n) is 5.15. The average Bonchev–Trinajstić information content (AvgIpc) is 2.44. The van der Waals surface area contributed by atoms with Crippen molar-refractivity contribution in [2.24, 2.45) is 5.92 Å². The van der Waals surface area contributed by atoms with Crippen molar-refractivity contribution >= 4 is 27.3 Å². The summed E-state index contributed by atoms with van der Waals surface area (Å²) in [6, 6.07) is 2.22. The molecular weight excluding hydrogens is 258 g/mol. The molecule has 0 amide bonds. The summed E-state index contributed by atoms with van der Waals surface area (Å²) in [4.78, 5) is 3.90. The number of nitrogens with zero attached hydrogens (tertiary/aromatic N) is 1. The van der Waals surface area contributed by atoms with E-state index in [2.05, 4.69) is 39.3 Å². The first-order chi connectivity index (χ1) is 6.74. The largest absolute Gasteiger partial charge is 0.301 e. The van der Waals surface area contributed by atoms with Gasteiger partial charge in [0.15, 0.2) is 0 Å². The minimum absolute atomic E-state index is 0.975. The Balaban J connectivity index is 1.78. The van der Waals surface area contributed by atoms with E-state index in [-0.39, 0.29) is 0 Å². The molecule has 0 atom stereocenters. The molecule has 0 saturated heterocycles. The van der Waals surface area contributed by atoms with Crippen molar-refractivity contribution < 1.29 is 0 Å². The maximum absolute atomic E-state index is 3.49. The van der Waals surface area contributed by atoms with Gasteiger partial charge in [0.2, 0.25) is 0 Å². The van der Waals surface area contributed by atoms with Gasteiger partial charge in [0.25, 0.3) is 0 Å². The molecule has 0 aromatic carbocycles. The van der Waals surface area contributed by atoms with Gasteiger partial charge in [0, 0.05) is 27.8 Å². The third-order valence-corrected chi connectivity index (χ3v) is 4.52. The van der Waals surface area contributed by atoms with Crippen molar-refractivity contribution in [1.82, 2.24) is 4.90 Å². The number of thiophene rings is 1. The first kappa shape index (κ1) is 10.7. The number of hydrogen-bond acceptors (Lipinski definition) is 2. The first-order valence-corrected chi connectivity index (χ1v) is 6.83. The monoisotopic (exact) mass is 273 g/mol. The molecule has 0 unspecified atom stereocenters. The zero-order valence-corrected chi connectivity index (χ0v) is 10.9. The Hall–Kier alpha value is 0.140. The Morgan fingerprint density at radius 1 is 1.57 bits per heavy atom. The lowest BCUT2D eigenvalue weighted by Gasteiger charge is -2.29. The smallest absolute Gasteiger partial charge is 0.0325 e. The fourth-order valence-electron chi connectivity index (χ4n) is 1.88. The van der Waals surface area contributed by atoms with Gasteiger partial charge >= 0.3 is 0 Å². The van der Waals surface area contributed by atoms with E-state index in [1.807, 2.05) is 11.3 Å². The van der Waals surface area contributed by atoms with Crippen molar-refractivity contribution in [3.05, 3.63) is 20.8 Å². The van der Waals surface area contributed by atoms with E-state index in [0.29, 0.717) is 0 Å². The second-order valence-corrected chi connectivity index (χ2v) is 6.14. The Morgan fingerprint density at radius 2 is 2.36 bits per heavy atom. The minimum Gasteiger partial charge on any atom is -0.301 e. The van der Waals surface area contributed by atoms with Crippen LogP contribution in [0, 0.1) is 5.92 Å². The van der Waals surface area contributed by atoms with Crippen LogP contribution in [-0.4, -0.2) is 18.5 Å². The molecule has 78 valence electrons. The van der Waals surface area contributed by atoms with E-state index < -0.39 is 0 Å². The second kappa shape index (κ2) is 4.77. The van der Waals surface area contributed by atoms with Gasteiger partial charge in [-0.15, -0.1) is 11.3 Å². The van der Waals surface area contributed by atoms with Gasteiger partial charge in [-0.1, -0.05) is 6.42 Å². The third-order valence-electron chi connectivity index (χ3n) is 2.84. The summed E-state index contributed by atoms with van der Waals surface area (Å²) in [7, 11) is 2.23. The van der Waals surface area contributed by atoms with Gasteiger partial charge < -0.3 is 4.90 Å². The van der Waals surface area contributed by atoms with Gasteiger partial charge in [0.1, 0.15) is 0 Å². The Labute approximate surface area is 98.2 Å². The molecule has 1 aliphatic carbocycles. The van der Waals surface area contributed by atoms with Gasteiger partial charge in [-0.25, -0.2) is 0 Å². The van der Waals surface area contributed by atoms with Crippen molar-refractivity contribution in [2.45, 2.75) is 25.8 Å². The molecule has 1 saturated carbocycles. The molecule has 3 heteroatoms. The molecule has 14 heavy (non-hydrogen) atoms. The second-order valence-electron chi connectivity index (χ2n) is 4.22. The number of hydrogen-bond donors (Lipinski definition) is 0. The lowest BCUT2D eigenvalue weighted by atomic mass is 9.85. The van der Waals surface area contributed by atoms with Crippen LogP contribution in [0.2, 0.25) is 0 Å². The van der Waals surface area contributed by atoms with Crippen molar-refractivity contribution in [3.63, 3.8) is 0 Å². The lowest BCUT2D eigenvalue weighted by Crippen LogP contribution is -2.28. The van der Waals surface area contributed by atoms with Crippen LogP contribution in [0.4, 0.5) is 0 Å². The molecule has 1 fully saturated rings. The predicted octanol–water partition coefficient (Wildman–Crippen LogP) is 3.74. The molecule has 1 heterocycles. The van der Waals surface area contributed by atoms with Gasteiger partial charge in [0.05, 0.1) is 0 Å². The summed E-state index contributed by atoms with van der Waals surface area (Å²) in [6.45, 7) is 2.38. The molecule has 0 spiro atoms. The summed E-state index contributed by atoms with van der Waals surface area (Å²) in [5.41, 5.74) is 0. The van der Waals surface area contributed by atoms with Crippen LogP contribution in [0.5, 0.6) is 0 Å². The summed E-state index contributed by atoms with van der Waals surface area (Å²) in [6.07, 6.45) is 4.33. The molecular formula is C11H16BrNS. The summed E-state index contributed by atoms with van der Waals surface area (Å²) in [5, 5.41) is 2.16. The minimum atomic E-state index is 0.975. The van der Waals surface area contributed by atoms with E-state index in [4.69, 9.17) is 0 Å². The highest BCUT2D eigenvalue weighted by Gasteiger charge is 2.19. The third kappa shape index (κ3) is 2.81. The molecule has 0 N–H and O–H groups in total. The zero-order chi connectivity index (χ0) is 9.97. The van der Waals surface area contributed by atoms with Crippen LogP contribution < -0.4 is 0 Å². The fourth-order valence-corrected chi connectivity index (χ4v) is 3.41. The number of halogens is 1. The van der Waals surface area contributed by atoms with Crippen LogP contribution in [0.1, 0.15) is 24.1 Å². The lowest BCUT2D eigenvalue weighted by molar-refractivity contribution is 0.201. The average molecular weight is 274 g/mol. The molecule has 0 radical (unpaired) electrons. The molecule has 1 aliphatic rings. The maximum atomic E-state index is 3.49. The zero-order valence-electron chi connectivity index (χ0n) is 8.50. The Bertz CT molecular complexity index is 293. The standard InChI is InChI=1S/C11H16BrNS/c1-13(6-9-3-2-4-9)7-11-5-10(12)8-14-11/h5,8-9H,2-4,6-7H2,1H3. The SMILES string of the molecule is CN(Cc1cc(Br)cs1)CC1CCC1. The molecule has 1 nitrogen and oxygen atoms in total. The van der Waals surface area contributed by atoms with Crippen LogP contribution in [0.25, 0.3) is 0 Å². The van der Waals surface area contributed by atoms with E-state index in [0.717, 1.165) is 12.5 Å². The Morgan fingerprint density at radius 3 is 2.86 bits per heavy atom. The summed E-state index contributed by atoms with van der Waals surface area (Å²) < 4.78 is 1.22. The van der Waals surface area contributed by atoms with E-state index in [1.54, 1.807) is 0 Å². The normalized spacial score (nSPS) is 17.4.